The highest BCUT2D eigenvalue weighted by Gasteiger charge is 2.11. The van der Waals surface area contributed by atoms with Gasteiger partial charge in [0.2, 0.25) is 0 Å². The van der Waals surface area contributed by atoms with E-state index in [1.165, 1.54) is 0 Å². The molecular weight excluding hydrogens is 537 g/mol. The zero-order valence-corrected chi connectivity index (χ0v) is 22.2. The van der Waals surface area contributed by atoms with Gasteiger partial charge < -0.3 is 29.4 Å². The first-order chi connectivity index (χ1) is 15.5. The van der Waals surface area contributed by atoms with Crippen LogP contribution in [-0.2, 0) is 18.3 Å². The van der Waals surface area contributed by atoms with Crippen molar-refractivity contribution in [2.45, 2.75) is 26.5 Å². The molecule has 1 aliphatic rings. The van der Waals surface area contributed by atoms with Crippen molar-refractivity contribution >= 4 is 29.9 Å². The number of rotatable bonds is 10. The Balaban J connectivity index is 0.00000385. The van der Waals surface area contributed by atoms with Crippen LogP contribution in [0.1, 0.15) is 18.6 Å². The van der Waals surface area contributed by atoms with Crippen LogP contribution in [0.2, 0.25) is 0 Å². The third kappa shape index (κ3) is 8.97. The quantitative estimate of drug-likeness (QED) is 0.251. The van der Waals surface area contributed by atoms with Gasteiger partial charge in [0.1, 0.15) is 30.0 Å². The monoisotopic (exact) mass is 573 g/mol. The Bertz CT molecular complexity index is 871. The highest BCUT2D eigenvalue weighted by molar-refractivity contribution is 14.0. The largest absolute Gasteiger partial charge is 0.497 e. The van der Waals surface area contributed by atoms with Gasteiger partial charge in [-0.1, -0.05) is 6.07 Å². The lowest BCUT2D eigenvalue weighted by Crippen LogP contribution is -2.46. The van der Waals surface area contributed by atoms with Crippen LogP contribution in [0, 0.1) is 6.92 Å². The zero-order valence-electron chi connectivity index (χ0n) is 19.9. The average Bonchev–Trinajstić information content (AvgIpc) is 3.13. The predicted molar refractivity (Wildman–Crippen MR) is 139 cm³/mol. The second-order valence-corrected chi connectivity index (χ2v) is 7.76. The number of ether oxygens (including phenoxy) is 3. The lowest BCUT2D eigenvalue weighted by atomic mass is 10.3. The number of nitrogens with zero attached hydrogens (tertiary/aromatic N) is 5. The van der Waals surface area contributed by atoms with E-state index < -0.39 is 0 Å². The van der Waals surface area contributed by atoms with Crippen LogP contribution in [0.15, 0.2) is 29.3 Å². The molecular formula is C22H36IN7O3. The molecule has 1 aromatic carbocycles. The van der Waals surface area contributed by atoms with Crippen LogP contribution < -0.4 is 20.1 Å². The number of benzene rings is 1. The predicted octanol–water partition coefficient (Wildman–Crippen LogP) is 1.59. The fourth-order valence-electron chi connectivity index (χ4n) is 3.26. The molecule has 0 amide bonds. The third-order valence-corrected chi connectivity index (χ3v) is 5.32. The van der Waals surface area contributed by atoms with Gasteiger partial charge >= 0.3 is 0 Å². The van der Waals surface area contributed by atoms with E-state index in [9.17, 15) is 0 Å². The summed E-state index contributed by atoms with van der Waals surface area (Å²) in [5.41, 5.74) is 0. The maximum atomic E-state index is 6.02. The van der Waals surface area contributed by atoms with Crippen molar-refractivity contribution in [1.29, 1.82) is 0 Å². The minimum atomic E-state index is -0.0644. The lowest BCUT2D eigenvalue weighted by Gasteiger charge is -2.27. The number of halogens is 1. The molecule has 0 radical (unpaired) electrons. The summed E-state index contributed by atoms with van der Waals surface area (Å²) in [6.07, 6.45) is -0.0644. The summed E-state index contributed by atoms with van der Waals surface area (Å²) in [7, 11) is 3.59. The van der Waals surface area contributed by atoms with Gasteiger partial charge in [0.25, 0.3) is 0 Å². The van der Waals surface area contributed by atoms with Gasteiger partial charge in [-0.05, 0) is 26.0 Å². The standard InChI is InChI=1S/C22H35N7O3.HI/c1-17(32-20-7-5-6-19(14-20)30-4)15-24-22(23-8-9-29-10-12-31-13-11-29)25-16-21-27-26-18(2)28(21)3;/h5-7,14,17H,8-13,15-16H2,1-4H3,(H2,23,24,25);1H. The molecule has 184 valence electrons. The van der Waals surface area contributed by atoms with E-state index >= 15 is 0 Å². The van der Waals surface area contributed by atoms with Gasteiger partial charge in [-0.15, -0.1) is 34.2 Å². The lowest BCUT2D eigenvalue weighted by molar-refractivity contribution is 0.0389. The first kappa shape index (κ1) is 27.1. The molecule has 3 rings (SSSR count). The number of hydrogen-bond acceptors (Lipinski definition) is 7. The summed E-state index contributed by atoms with van der Waals surface area (Å²) in [5.74, 6) is 3.95. The van der Waals surface area contributed by atoms with Gasteiger partial charge in [-0.25, -0.2) is 4.99 Å². The molecule has 1 saturated heterocycles. The molecule has 0 bridgehead atoms. The van der Waals surface area contributed by atoms with Gasteiger partial charge in [0.15, 0.2) is 11.8 Å². The molecule has 2 aromatic rings. The average molecular weight is 573 g/mol. The highest BCUT2D eigenvalue weighted by atomic mass is 127. The Hall–Kier alpha value is -2.12. The summed E-state index contributed by atoms with van der Waals surface area (Å²) in [5, 5.41) is 15.1. The van der Waals surface area contributed by atoms with Crippen molar-refractivity contribution in [2.24, 2.45) is 12.0 Å². The van der Waals surface area contributed by atoms with E-state index in [0.717, 1.165) is 68.5 Å². The van der Waals surface area contributed by atoms with Crippen molar-refractivity contribution in [3.63, 3.8) is 0 Å². The van der Waals surface area contributed by atoms with Crippen LogP contribution in [0.3, 0.4) is 0 Å². The number of aliphatic imine (C=N–C) groups is 1. The molecule has 2 heterocycles. The Morgan fingerprint density at radius 2 is 1.97 bits per heavy atom. The van der Waals surface area contributed by atoms with E-state index in [0.29, 0.717) is 13.1 Å². The summed E-state index contributed by atoms with van der Waals surface area (Å²) in [6, 6.07) is 7.61. The number of aryl methyl sites for hydroxylation is 1. The van der Waals surface area contributed by atoms with E-state index in [2.05, 4.69) is 25.7 Å². The minimum Gasteiger partial charge on any atom is -0.497 e. The highest BCUT2D eigenvalue weighted by Crippen LogP contribution is 2.19. The van der Waals surface area contributed by atoms with Crippen LogP contribution in [0.5, 0.6) is 11.5 Å². The second kappa shape index (κ2) is 14.2. The van der Waals surface area contributed by atoms with Gasteiger partial charge in [0, 0.05) is 39.3 Å². The third-order valence-electron chi connectivity index (χ3n) is 5.32. The molecule has 0 aliphatic carbocycles. The molecule has 1 fully saturated rings. The maximum Gasteiger partial charge on any atom is 0.191 e. The van der Waals surface area contributed by atoms with Crippen LogP contribution in [-0.4, -0.2) is 84.8 Å². The van der Waals surface area contributed by atoms with E-state index in [-0.39, 0.29) is 30.1 Å². The SMILES string of the molecule is COc1cccc(OC(C)CNC(=NCc2nnc(C)n2C)NCCN2CCOCC2)c1.I. The van der Waals surface area contributed by atoms with E-state index in [1.54, 1.807) is 7.11 Å². The van der Waals surface area contributed by atoms with Crippen LogP contribution in [0.4, 0.5) is 0 Å². The number of nitrogens with one attached hydrogen (secondary N) is 2. The fraction of sp³-hybridized carbons (Fsp3) is 0.591. The summed E-state index contributed by atoms with van der Waals surface area (Å²) in [6.45, 7) is 10.2. The normalized spacial score (nSPS) is 15.5. The Morgan fingerprint density at radius 1 is 1.21 bits per heavy atom. The minimum absolute atomic E-state index is 0. The molecule has 0 spiro atoms. The van der Waals surface area contributed by atoms with Gasteiger partial charge in [-0.2, -0.15) is 0 Å². The van der Waals surface area contributed by atoms with E-state index in [4.69, 9.17) is 19.2 Å². The Kier molecular flexibility index (Phi) is 11.7. The Labute approximate surface area is 213 Å². The van der Waals surface area contributed by atoms with Crippen molar-refractivity contribution in [3.8, 4) is 11.5 Å². The first-order valence-corrected chi connectivity index (χ1v) is 11.0. The van der Waals surface area contributed by atoms with Gasteiger partial charge in [-0.3, -0.25) is 4.90 Å². The molecule has 1 unspecified atom stereocenters. The molecule has 1 atom stereocenters. The number of methoxy groups -OCH3 is 1. The van der Waals surface area contributed by atoms with Crippen molar-refractivity contribution < 1.29 is 14.2 Å². The van der Waals surface area contributed by atoms with Crippen molar-refractivity contribution in [3.05, 3.63) is 35.9 Å². The maximum absolute atomic E-state index is 6.02. The molecule has 11 heteroatoms. The second-order valence-electron chi connectivity index (χ2n) is 7.76. The zero-order chi connectivity index (χ0) is 22.8. The van der Waals surface area contributed by atoms with Crippen molar-refractivity contribution in [1.82, 2.24) is 30.3 Å². The molecule has 2 N–H and O–H groups in total. The van der Waals surface area contributed by atoms with E-state index in [1.807, 2.05) is 49.7 Å². The van der Waals surface area contributed by atoms with Gasteiger partial charge in [0.05, 0.1) is 26.9 Å². The molecule has 0 saturated carbocycles. The number of morpholine rings is 1. The molecule has 1 aliphatic heterocycles. The molecule has 10 nitrogen and oxygen atoms in total. The molecule has 1 aromatic heterocycles. The topological polar surface area (TPSA) is 98.1 Å². The van der Waals surface area contributed by atoms with Crippen LogP contribution >= 0.6 is 24.0 Å². The number of hydrogen-bond donors (Lipinski definition) is 2. The van der Waals surface area contributed by atoms with Crippen LogP contribution in [0.25, 0.3) is 0 Å². The number of aromatic nitrogens is 3. The summed E-state index contributed by atoms with van der Waals surface area (Å²) >= 11 is 0. The molecule has 33 heavy (non-hydrogen) atoms. The first-order valence-electron chi connectivity index (χ1n) is 11.0. The summed E-state index contributed by atoms with van der Waals surface area (Å²) < 4.78 is 18.7. The number of guanidine groups is 1. The van der Waals surface area contributed by atoms with Crippen molar-refractivity contribution in [2.75, 3.05) is 53.0 Å². The Morgan fingerprint density at radius 3 is 2.67 bits per heavy atom. The smallest absolute Gasteiger partial charge is 0.191 e. The fourth-order valence-corrected chi connectivity index (χ4v) is 3.26. The summed E-state index contributed by atoms with van der Waals surface area (Å²) in [4.78, 5) is 7.09.